The summed E-state index contributed by atoms with van der Waals surface area (Å²) in [4.78, 5) is 4.39. The van der Waals surface area contributed by atoms with Crippen molar-refractivity contribution in [3.05, 3.63) is 65.5 Å². The van der Waals surface area contributed by atoms with Crippen molar-refractivity contribution < 1.29 is 9.26 Å². The highest BCUT2D eigenvalue weighted by atomic mass is 16.5. The summed E-state index contributed by atoms with van der Waals surface area (Å²) < 4.78 is 11.0. The molecule has 0 spiro atoms. The monoisotopic (exact) mass is 308 g/mol. The Kier molecular flexibility index (Phi) is 4.42. The minimum atomic E-state index is 0.230. The van der Waals surface area contributed by atoms with Gasteiger partial charge in [0, 0.05) is 11.5 Å². The van der Waals surface area contributed by atoms with Crippen LogP contribution in [0.3, 0.4) is 0 Å². The molecule has 3 rings (SSSR count). The largest absolute Gasteiger partial charge is 0.489 e. The van der Waals surface area contributed by atoms with Gasteiger partial charge in [-0.1, -0.05) is 48.8 Å². The first kappa shape index (κ1) is 15.3. The van der Waals surface area contributed by atoms with Crippen LogP contribution in [0.5, 0.6) is 5.75 Å². The minimum Gasteiger partial charge on any atom is -0.489 e. The standard InChI is InChI=1S/C19H20N2O2/c1-13(2)19-20-18(21-23-19)16-8-10-17(11-9-16)22-12-15-6-4-14(3)5-7-15/h4-11,13H,12H2,1-3H3. The highest BCUT2D eigenvalue weighted by molar-refractivity contribution is 5.55. The van der Waals surface area contributed by atoms with E-state index in [1.165, 1.54) is 5.56 Å². The molecule has 2 aromatic carbocycles. The number of hydrogen-bond acceptors (Lipinski definition) is 4. The zero-order valence-corrected chi connectivity index (χ0v) is 13.6. The molecule has 0 bridgehead atoms. The SMILES string of the molecule is Cc1ccc(COc2ccc(-c3noc(C(C)C)n3)cc2)cc1. The maximum Gasteiger partial charge on any atom is 0.229 e. The van der Waals surface area contributed by atoms with Crippen molar-refractivity contribution in [2.24, 2.45) is 0 Å². The van der Waals surface area contributed by atoms with E-state index in [0.29, 0.717) is 18.3 Å². The minimum absolute atomic E-state index is 0.230. The highest BCUT2D eigenvalue weighted by Crippen LogP contribution is 2.22. The molecule has 0 saturated heterocycles. The number of ether oxygens (including phenoxy) is 1. The third kappa shape index (κ3) is 3.77. The summed E-state index contributed by atoms with van der Waals surface area (Å²) in [7, 11) is 0. The topological polar surface area (TPSA) is 48.2 Å². The summed E-state index contributed by atoms with van der Waals surface area (Å²) in [6, 6.07) is 16.1. The summed E-state index contributed by atoms with van der Waals surface area (Å²) in [5, 5.41) is 4.01. The van der Waals surface area contributed by atoms with Crippen LogP contribution in [0.2, 0.25) is 0 Å². The summed E-state index contributed by atoms with van der Waals surface area (Å²) in [6.07, 6.45) is 0. The number of rotatable bonds is 5. The van der Waals surface area contributed by atoms with Crippen molar-refractivity contribution in [3.8, 4) is 17.1 Å². The fourth-order valence-electron chi connectivity index (χ4n) is 2.14. The Morgan fingerprint density at radius 2 is 1.70 bits per heavy atom. The molecule has 0 aliphatic rings. The molecule has 0 unspecified atom stereocenters. The van der Waals surface area contributed by atoms with E-state index in [9.17, 15) is 0 Å². The van der Waals surface area contributed by atoms with Gasteiger partial charge in [-0.25, -0.2) is 0 Å². The van der Waals surface area contributed by atoms with E-state index in [1.54, 1.807) is 0 Å². The zero-order chi connectivity index (χ0) is 16.2. The predicted molar refractivity (Wildman–Crippen MR) is 89.3 cm³/mol. The average molecular weight is 308 g/mol. The Morgan fingerprint density at radius 3 is 2.30 bits per heavy atom. The smallest absolute Gasteiger partial charge is 0.229 e. The molecule has 4 nitrogen and oxygen atoms in total. The second-order valence-electron chi connectivity index (χ2n) is 5.91. The molecule has 3 aromatic rings. The van der Waals surface area contributed by atoms with Crippen molar-refractivity contribution in [1.29, 1.82) is 0 Å². The van der Waals surface area contributed by atoms with Crippen LogP contribution in [0.4, 0.5) is 0 Å². The van der Waals surface area contributed by atoms with Gasteiger partial charge in [-0.05, 0) is 36.8 Å². The van der Waals surface area contributed by atoms with Crippen LogP contribution in [0.25, 0.3) is 11.4 Å². The number of aromatic nitrogens is 2. The Morgan fingerprint density at radius 1 is 1.00 bits per heavy atom. The van der Waals surface area contributed by atoms with E-state index in [-0.39, 0.29) is 5.92 Å². The van der Waals surface area contributed by atoms with Gasteiger partial charge >= 0.3 is 0 Å². The lowest BCUT2D eigenvalue weighted by atomic mass is 10.1. The zero-order valence-electron chi connectivity index (χ0n) is 13.6. The maximum atomic E-state index is 5.80. The molecule has 23 heavy (non-hydrogen) atoms. The molecule has 1 heterocycles. The van der Waals surface area contributed by atoms with Gasteiger partial charge in [0.1, 0.15) is 12.4 Å². The first-order chi connectivity index (χ1) is 11.1. The quantitative estimate of drug-likeness (QED) is 0.682. The molecular formula is C19H20N2O2. The summed E-state index contributed by atoms with van der Waals surface area (Å²) in [5.41, 5.74) is 3.32. The van der Waals surface area contributed by atoms with Crippen molar-refractivity contribution in [1.82, 2.24) is 10.1 Å². The summed E-state index contributed by atoms with van der Waals surface area (Å²) >= 11 is 0. The molecule has 0 fully saturated rings. The Hall–Kier alpha value is -2.62. The van der Waals surface area contributed by atoms with Crippen LogP contribution in [-0.4, -0.2) is 10.1 Å². The van der Waals surface area contributed by atoms with E-state index in [0.717, 1.165) is 16.9 Å². The lowest BCUT2D eigenvalue weighted by Crippen LogP contribution is -1.95. The summed E-state index contributed by atoms with van der Waals surface area (Å²) in [5.74, 6) is 2.31. The Balaban J connectivity index is 1.65. The van der Waals surface area contributed by atoms with Gasteiger partial charge in [0.05, 0.1) is 0 Å². The van der Waals surface area contributed by atoms with E-state index >= 15 is 0 Å². The van der Waals surface area contributed by atoms with Crippen molar-refractivity contribution in [2.45, 2.75) is 33.3 Å². The second kappa shape index (κ2) is 6.65. The van der Waals surface area contributed by atoms with Crippen molar-refractivity contribution >= 4 is 0 Å². The van der Waals surface area contributed by atoms with Crippen molar-refractivity contribution in [3.63, 3.8) is 0 Å². The molecular weight excluding hydrogens is 288 g/mol. The molecule has 1 aromatic heterocycles. The molecule has 0 aliphatic heterocycles. The molecule has 118 valence electrons. The van der Waals surface area contributed by atoms with Crippen LogP contribution < -0.4 is 4.74 Å². The van der Waals surface area contributed by atoms with E-state index in [1.807, 2.05) is 38.1 Å². The normalized spacial score (nSPS) is 11.0. The molecule has 4 heteroatoms. The third-order valence-corrected chi connectivity index (χ3v) is 3.57. The lowest BCUT2D eigenvalue weighted by molar-refractivity contribution is 0.306. The fourth-order valence-corrected chi connectivity index (χ4v) is 2.14. The van der Waals surface area contributed by atoms with Gasteiger partial charge in [0.25, 0.3) is 0 Å². The van der Waals surface area contributed by atoms with Gasteiger partial charge in [-0.2, -0.15) is 4.98 Å². The number of nitrogens with zero attached hydrogens (tertiary/aromatic N) is 2. The second-order valence-corrected chi connectivity index (χ2v) is 5.91. The van der Waals surface area contributed by atoms with Gasteiger partial charge in [-0.3, -0.25) is 0 Å². The fraction of sp³-hybridized carbons (Fsp3) is 0.263. The Labute approximate surface area is 136 Å². The van der Waals surface area contributed by atoms with Crippen LogP contribution in [-0.2, 0) is 6.61 Å². The van der Waals surface area contributed by atoms with Crippen LogP contribution >= 0.6 is 0 Å². The maximum absolute atomic E-state index is 5.80. The number of aryl methyl sites for hydroxylation is 1. The predicted octanol–water partition coefficient (Wildman–Crippen LogP) is 4.75. The average Bonchev–Trinajstić information content (AvgIpc) is 3.05. The molecule has 0 saturated carbocycles. The van der Waals surface area contributed by atoms with E-state index < -0.39 is 0 Å². The molecule has 0 atom stereocenters. The van der Waals surface area contributed by atoms with Crippen molar-refractivity contribution in [2.75, 3.05) is 0 Å². The van der Waals surface area contributed by atoms with Crippen LogP contribution in [0.15, 0.2) is 53.1 Å². The summed E-state index contributed by atoms with van der Waals surface area (Å²) in [6.45, 7) is 6.68. The number of hydrogen-bond donors (Lipinski definition) is 0. The van der Waals surface area contributed by atoms with Gasteiger partial charge in [0.15, 0.2) is 0 Å². The number of benzene rings is 2. The van der Waals surface area contributed by atoms with E-state index in [2.05, 4.69) is 41.3 Å². The highest BCUT2D eigenvalue weighted by Gasteiger charge is 2.11. The molecule has 0 radical (unpaired) electrons. The van der Waals surface area contributed by atoms with Crippen LogP contribution in [0, 0.1) is 6.92 Å². The molecule has 0 aliphatic carbocycles. The van der Waals surface area contributed by atoms with Gasteiger partial charge < -0.3 is 9.26 Å². The molecule has 0 N–H and O–H groups in total. The van der Waals surface area contributed by atoms with Crippen LogP contribution in [0.1, 0.15) is 36.8 Å². The first-order valence-electron chi connectivity index (χ1n) is 7.74. The van der Waals surface area contributed by atoms with Gasteiger partial charge in [-0.15, -0.1) is 0 Å². The lowest BCUT2D eigenvalue weighted by Gasteiger charge is -2.07. The molecule has 0 amide bonds. The van der Waals surface area contributed by atoms with Gasteiger partial charge in [0.2, 0.25) is 11.7 Å². The third-order valence-electron chi connectivity index (χ3n) is 3.57. The first-order valence-corrected chi connectivity index (χ1v) is 7.74. The Bertz CT molecular complexity index is 759. The van der Waals surface area contributed by atoms with E-state index in [4.69, 9.17) is 9.26 Å².